The Labute approximate surface area is 97.7 Å². The Kier molecular flexibility index (Phi) is 3.10. The number of carbonyl (C=O) groups is 1. The van der Waals surface area contributed by atoms with Crippen LogP contribution in [0.2, 0.25) is 0 Å². The van der Waals surface area contributed by atoms with E-state index in [0.717, 1.165) is 12.2 Å². The third-order valence-corrected chi connectivity index (χ3v) is 3.18. The van der Waals surface area contributed by atoms with Gasteiger partial charge in [-0.05, 0) is 23.6 Å². The van der Waals surface area contributed by atoms with E-state index in [9.17, 15) is 4.79 Å². The van der Waals surface area contributed by atoms with Crippen molar-refractivity contribution in [3.63, 3.8) is 0 Å². The van der Waals surface area contributed by atoms with Crippen molar-refractivity contribution in [1.29, 1.82) is 0 Å². The van der Waals surface area contributed by atoms with Crippen LogP contribution in [-0.2, 0) is 6.42 Å². The van der Waals surface area contributed by atoms with Crippen molar-refractivity contribution < 1.29 is 13.9 Å². The van der Waals surface area contributed by atoms with Gasteiger partial charge in [0.2, 0.25) is 5.78 Å². The van der Waals surface area contributed by atoms with Crippen LogP contribution in [0.15, 0.2) is 28.0 Å². The van der Waals surface area contributed by atoms with Crippen molar-refractivity contribution in [2.45, 2.75) is 13.3 Å². The summed E-state index contributed by atoms with van der Waals surface area (Å²) in [5.41, 5.74) is 0. The van der Waals surface area contributed by atoms with Crippen LogP contribution in [0.1, 0.15) is 28.1 Å². The number of carbonyl (C=O) groups excluding carboxylic acids is 1. The van der Waals surface area contributed by atoms with E-state index in [1.54, 1.807) is 19.2 Å². The molecule has 0 aliphatic carbocycles. The highest BCUT2D eigenvalue weighted by Crippen LogP contribution is 2.27. The van der Waals surface area contributed by atoms with Gasteiger partial charge in [0.05, 0.1) is 7.11 Å². The minimum absolute atomic E-state index is 0.119. The summed E-state index contributed by atoms with van der Waals surface area (Å²) in [6.07, 6.45) is 0.787. The van der Waals surface area contributed by atoms with Crippen LogP contribution in [0.3, 0.4) is 0 Å². The van der Waals surface area contributed by atoms with Gasteiger partial charge in [-0.25, -0.2) is 0 Å². The molecule has 2 rings (SSSR count). The van der Waals surface area contributed by atoms with E-state index in [-0.39, 0.29) is 5.78 Å². The van der Waals surface area contributed by atoms with Crippen molar-refractivity contribution >= 4 is 17.1 Å². The quantitative estimate of drug-likeness (QED) is 0.765. The zero-order valence-electron chi connectivity index (χ0n) is 9.15. The van der Waals surface area contributed by atoms with Gasteiger partial charge in [-0.2, -0.15) is 0 Å². The monoisotopic (exact) mass is 236 g/mol. The minimum Gasteiger partial charge on any atom is -0.495 e. The summed E-state index contributed by atoms with van der Waals surface area (Å²) in [6.45, 7) is 1.98. The number of thiophene rings is 1. The Bertz CT molecular complexity index is 496. The van der Waals surface area contributed by atoms with Gasteiger partial charge >= 0.3 is 0 Å². The topological polar surface area (TPSA) is 39.4 Å². The Balaban J connectivity index is 2.31. The molecule has 0 unspecified atom stereocenters. The summed E-state index contributed by atoms with van der Waals surface area (Å²) >= 11 is 1.36. The molecule has 84 valence electrons. The van der Waals surface area contributed by atoms with E-state index >= 15 is 0 Å². The molecule has 2 aromatic rings. The lowest BCUT2D eigenvalue weighted by Gasteiger charge is -1.99. The van der Waals surface area contributed by atoms with Crippen molar-refractivity contribution in [3.05, 3.63) is 40.0 Å². The molecule has 0 fully saturated rings. The van der Waals surface area contributed by atoms with Gasteiger partial charge in [0, 0.05) is 6.42 Å². The van der Waals surface area contributed by atoms with Gasteiger partial charge in [0.15, 0.2) is 5.76 Å². The molecule has 0 radical (unpaired) electrons. The number of rotatable bonds is 4. The Morgan fingerprint density at radius 3 is 2.88 bits per heavy atom. The summed E-state index contributed by atoms with van der Waals surface area (Å²) in [5.74, 6) is 1.67. The molecule has 2 aromatic heterocycles. The van der Waals surface area contributed by atoms with Crippen molar-refractivity contribution in [3.8, 4) is 5.75 Å². The lowest BCUT2D eigenvalue weighted by molar-refractivity contribution is 0.101. The molecule has 0 saturated heterocycles. The summed E-state index contributed by atoms with van der Waals surface area (Å²) in [4.78, 5) is 12.6. The number of furan rings is 1. The number of hydrogen-bond acceptors (Lipinski definition) is 4. The molecular weight excluding hydrogens is 224 g/mol. The molecule has 0 spiro atoms. The lowest BCUT2D eigenvalue weighted by Crippen LogP contribution is -1.98. The van der Waals surface area contributed by atoms with Crippen molar-refractivity contribution in [2.24, 2.45) is 0 Å². The lowest BCUT2D eigenvalue weighted by atomic mass is 10.2. The van der Waals surface area contributed by atoms with Gasteiger partial charge in [-0.3, -0.25) is 4.79 Å². The highest BCUT2D eigenvalue weighted by atomic mass is 32.1. The molecule has 2 heterocycles. The number of ether oxygens (including phenoxy) is 1. The maximum Gasteiger partial charge on any atom is 0.241 e. The number of ketones is 1. The average molecular weight is 236 g/mol. The standard InChI is InChI=1S/C12H12O3S/c1-3-8-4-5-9(15-8)11(13)12-10(14-2)6-7-16-12/h4-7H,3H2,1-2H3. The first-order valence-electron chi connectivity index (χ1n) is 5.01. The van der Waals surface area contributed by atoms with E-state index in [1.807, 2.05) is 18.4 Å². The van der Waals surface area contributed by atoms with Gasteiger partial charge in [0.25, 0.3) is 0 Å². The molecule has 0 aliphatic heterocycles. The predicted molar refractivity (Wildman–Crippen MR) is 62.4 cm³/mol. The second kappa shape index (κ2) is 4.53. The first-order valence-corrected chi connectivity index (χ1v) is 5.89. The fourth-order valence-corrected chi connectivity index (χ4v) is 2.23. The fourth-order valence-electron chi connectivity index (χ4n) is 1.43. The second-order valence-electron chi connectivity index (χ2n) is 3.27. The first-order chi connectivity index (χ1) is 7.76. The van der Waals surface area contributed by atoms with Crippen LogP contribution in [0.5, 0.6) is 5.75 Å². The SMILES string of the molecule is CCc1ccc(C(=O)c2sccc2OC)o1. The van der Waals surface area contributed by atoms with Crippen LogP contribution in [0.25, 0.3) is 0 Å². The third kappa shape index (κ3) is 1.88. The molecule has 16 heavy (non-hydrogen) atoms. The Hall–Kier alpha value is -1.55. The van der Waals surface area contributed by atoms with Crippen LogP contribution < -0.4 is 4.74 Å². The Morgan fingerprint density at radius 2 is 2.25 bits per heavy atom. The van der Waals surface area contributed by atoms with E-state index in [0.29, 0.717) is 16.4 Å². The van der Waals surface area contributed by atoms with Crippen LogP contribution in [0, 0.1) is 0 Å². The largest absolute Gasteiger partial charge is 0.495 e. The zero-order chi connectivity index (χ0) is 11.5. The average Bonchev–Trinajstić information content (AvgIpc) is 2.96. The molecule has 4 heteroatoms. The molecule has 0 saturated carbocycles. The molecule has 0 aromatic carbocycles. The predicted octanol–water partition coefficient (Wildman–Crippen LogP) is 3.14. The fraction of sp³-hybridized carbons (Fsp3) is 0.250. The van der Waals surface area contributed by atoms with E-state index < -0.39 is 0 Å². The van der Waals surface area contributed by atoms with Gasteiger partial charge in [-0.15, -0.1) is 11.3 Å². The summed E-state index contributed by atoms with van der Waals surface area (Å²) in [6, 6.07) is 5.31. The van der Waals surface area contributed by atoms with E-state index in [1.165, 1.54) is 11.3 Å². The minimum atomic E-state index is -0.119. The Morgan fingerprint density at radius 1 is 1.44 bits per heavy atom. The molecular formula is C12H12O3S. The second-order valence-corrected chi connectivity index (χ2v) is 4.18. The summed E-state index contributed by atoms with van der Waals surface area (Å²) in [5, 5.41) is 1.83. The number of hydrogen-bond donors (Lipinski definition) is 0. The third-order valence-electron chi connectivity index (χ3n) is 2.29. The van der Waals surface area contributed by atoms with Gasteiger partial charge in [0.1, 0.15) is 16.4 Å². The van der Waals surface area contributed by atoms with Gasteiger partial charge < -0.3 is 9.15 Å². The molecule has 0 amide bonds. The molecule has 0 bridgehead atoms. The molecule has 0 atom stereocenters. The summed E-state index contributed by atoms with van der Waals surface area (Å²) in [7, 11) is 1.55. The molecule has 3 nitrogen and oxygen atoms in total. The smallest absolute Gasteiger partial charge is 0.241 e. The van der Waals surface area contributed by atoms with Crippen LogP contribution in [-0.4, -0.2) is 12.9 Å². The molecule has 0 aliphatic rings. The number of methoxy groups -OCH3 is 1. The number of aryl methyl sites for hydroxylation is 1. The van der Waals surface area contributed by atoms with E-state index in [4.69, 9.17) is 9.15 Å². The highest BCUT2D eigenvalue weighted by molar-refractivity contribution is 7.12. The van der Waals surface area contributed by atoms with Crippen LogP contribution in [0.4, 0.5) is 0 Å². The normalized spacial score (nSPS) is 10.4. The van der Waals surface area contributed by atoms with Gasteiger partial charge in [-0.1, -0.05) is 6.92 Å². The van der Waals surface area contributed by atoms with Crippen molar-refractivity contribution in [2.75, 3.05) is 7.11 Å². The van der Waals surface area contributed by atoms with Crippen LogP contribution >= 0.6 is 11.3 Å². The zero-order valence-corrected chi connectivity index (χ0v) is 9.97. The maximum atomic E-state index is 12.1. The highest BCUT2D eigenvalue weighted by Gasteiger charge is 2.18. The summed E-state index contributed by atoms with van der Waals surface area (Å²) < 4.78 is 10.5. The first kappa shape index (κ1) is 11.0. The molecule has 0 N–H and O–H groups in total. The maximum absolute atomic E-state index is 12.1. The van der Waals surface area contributed by atoms with Crippen molar-refractivity contribution in [1.82, 2.24) is 0 Å². The van der Waals surface area contributed by atoms with E-state index in [2.05, 4.69) is 0 Å².